The van der Waals surface area contributed by atoms with Crippen LogP contribution < -0.4 is 10.1 Å². The monoisotopic (exact) mass is 447 g/mol. The molecule has 6 nitrogen and oxygen atoms in total. The number of halogens is 1. The second kappa shape index (κ2) is 6.99. The van der Waals surface area contributed by atoms with Gasteiger partial charge in [-0.3, -0.25) is 0 Å². The highest BCUT2D eigenvalue weighted by Crippen LogP contribution is 2.40. The van der Waals surface area contributed by atoms with Gasteiger partial charge in [0.15, 0.2) is 0 Å². The van der Waals surface area contributed by atoms with Crippen LogP contribution >= 0.6 is 22.6 Å². The molecule has 0 amide bonds. The number of benzene rings is 2. The number of nitrogens with zero attached hydrogens (tertiary/aromatic N) is 4. The molecule has 3 aromatic rings. The van der Waals surface area contributed by atoms with Crippen LogP contribution in [0, 0.1) is 3.57 Å². The van der Waals surface area contributed by atoms with Crippen molar-refractivity contribution in [1.29, 1.82) is 0 Å². The molecule has 0 saturated carbocycles. The minimum atomic E-state index is 0.0262. The van der Waals surface area contributed by atoms with Crippen molar-refractivity contribution in [3.05, 3.63) is 63.2 Å². The molecule has 2 atom stereocenters. The van der Waals surface area contributed by atoms with Gasteiger partial charge in [-0.05, 0) is 70.1 Å². The Labute approximate surface area is 159 Å². The Balaban J connectivity index is 1.74. The molecular formula is C18H18IN5O. The lowest BCUT2D eigenvalue weighted by Gasteiger charge is -2.31. The van der Waals surface area contributed by atoms with Crippen molar-refractivity contribution >= 4 is 28.5 Å². The molecule has 2 aromatic carbocycles. The Hall–Kier alpha value is -2.16. The van der Waals surface area contributed by atoms with E-state index in [4.69, 9.17) is 4.74 Å². The zero-order valence-electron chi connectivity index (χ0n) is 13.8. The molecule has 0 spiro atoms. The molecule has 1 aromatic heterocycles. The number of anilines is 1. The highest BCUT2D eigenvalue weighted by atomic mass is 127. The second-order valence-corrected chi connectivity index (χ2v) is 7.16. The third kappa shape index (κ3) is 3.20. The quantitative estimate of drug-likeness (QED) is 0.617. The van der Waals surface area contributed by atoms with E-state index in [1.54, 1.807) is 0 Å². The van der Waals surface area contributed by atoms with Gasteiger partial charge in [-0.1, -0.05) is 35.4 Å². The molecule has 4 rings (SSSR count). The molecule has 2 unspecified atom stereocenters. The van der Waals surface area contributed by atoms with E-state index < -0.39 is 0 Å². The van der Waals surface area contributed by atoms with E-state index in [0.29, 0.717) is 12.6 Å². The molecule has 1 aliphatic heterocycles. The summed E-state index contributed by atoms with van der Waals surface area (Å²) >= 11 is 2.32. The summed E-state index contributed by atoms with van der Waals surface area (Å²) in [6.45, 7) is 2.63. The van der Waals surface area contributed by atoms with Gasteiger partial charge < -0.3 is 10.1 Å². The van der Waals surface area contributed by atoms with Gasteiger partial charge in [0.05, 0.1) is 18.7 Å². The fourth-order valence-corrected chi connectivity index (χ4v) is 3.61. The highest BCUT2D eigenvalue weighted by molar-refractivity contribution is 14.1. The Bertz CT molecular complexity index is 864. The molecule has 0 radical (unpaired) electrons. The topological polar surface area (TPSA) is 64.9 Å². The maximum absolute atomic E-state index is 5.84. The molecule has 7 heteroatoms. The molecule has 25 heavy (non-hydrogen) atoms. The van der Waals surface area contributed by atoms with E-state index >= 15 is 0 Å². The lowest BCUT2D eigenvalue weighted by atomic mass is 9.93. The third-order valence-corrected chi connectivity index (χ3v) is 5.12. The average molecular weight is 447 g/mol. The first kappa shape index (κ1) is 16.3. The van der Waals surface area contributed by atoms with Gasteiger partial charge in [0, 0.05) is 9.13 Å². The molecule has 2 heterocycles. The Morgan fingerprint density at radius 2 is 2.00 bits per heavy atom. The summed E-state index contributed by atoms with van der Waals surface area (Å²) in [7, 11) is 0. The second-order valence-electron chi connectivity index (χ2n) is 5.92. The number of nitrogens with one attached hydrogen (secondary N) is 1. The number of fused-ring (bicyclic) bond motifs is 1. The minimum Gasteiger partial charge on any atom is -0.494 e. The maximum atomic E-state index is 5.84. The number of hydrogen-bond acceptors (Lipinski definition) is 5. The van der Waals surface area contributed by atoms with E-state index in [1.807, 2.05) is 29.8 Å². The Morgan fingerprint density at radius 3 is 2.80 bits per heavy atom. The number of ether oxygens (including phenoxy) is 1. The minimum absolute atomic E-state index is 0.0262. The van der Waals surface area contributed by atoms with Crippen molar-refractivity contribution in [3.8, 4) is 5.75 Å². The normalized spacial score (nSPS) is 19.1. The molecule has 0 bridgehead atoms. The first-order valence-corrected chi connectivity index (χ1v) is 9.35. The van der Waals surface area contributed by atoms with E-state index in [-0.39, 0.29) is 12.1 Å². The Morgan fingerprint density at radius 1 is 1.20 bits per heavy atom. The van der Waals surface area contributed by atoms with Crippen molar-refractivity contribution in [3.63, 3.8) is 0 Å². The van der Waals surface area contributed by atoms with Crippen LogP contribution in [0.2, 0.25) is 0 Å². The van der Waals surface area contributed by atoms with Gasteiger partial charge in [-0.25, -0.2) is 4.68 Å². The predicted octanol–water partition coefficient (Wildman–Crippen LogP) is 3.82. The summed E-state index contributed by atoms with van der Waals surface area (Å²) in [6.07, 6.45) is 0.850. The van der Waals surface area contributed by atoms with Gasteiger partial charge in [0.2, 0.25) is 5.95 Å². The van der Waals surface area contributed by atoms with Crippen LogP contribution in [0.3, 0.4) is 0 Å². The Kier molecular flexibility index (Phi) is 4.56. The van der Waals surface area contributed by atoms with E-state index in [9.17, 15) is 0 Å². The molecule has 1 N–H and O–H groups in total. The van der Waals surface area contributed by atoms with Gasteiger partial charge >= 0.3 is 0 Å². The van der Waals surface area contributed by atoms with Crippen LogP contribution in [-0.2, 0) is 0 Å². The first-order chi connectivity index (χ1) is 12.3. The maximum Gasteiger partial charge on any atom is 0.243 e. The van der Waals surface area contributed by atoms with Crippen molar-refractivity contribution in [1.82, 2.24) is 20.2 Å². The fourth-order valence-electron chi connectivity index (χ4n) is 3.25. The number of aromatic nitrogens is 4. The zero-order valence-corrected chi connectivity index (χ0v) is 15.9. The average Bonchev–Trinajstić information content (AvgIpc) is 3.11. The molecule has 0 saturated heterocycles. The summed E-state index contributed by atoms with van der Waals surface area (Å²) in [5, 5.41) is 15.6. The van der Waals surface area contributed by atoms with Crippen LogP contribution in [0.5, 0.6) is 5.75 Å². The van der Waals surface area contributed by atoms with Crippen LogP contribution in [0.25, 0.3) is 0 Å². The van der Waals surface area contributed by atoms with Crippen molar-refractivity contribution in [2.24, 2.45) is 0 Å². The van der Waals surface area contributed by atoms with E-state index in [0.717, 1.165) is 17.7 Å². The smallest absolute Gasteiger partial charge is 0.243 e. The number of tetrazole rings is 1. The number of rotatable bonds is 4. The summed E-state index contributed by atoms with van der Waals surface area (Å²) in [5.74, 6) is 1.57. The van der Waals surface area contributed by atoms with Crippen molar-refractivity contribution in [2.45, 2.75) is 25.4 Å². The molecular weight excluding hydrogens is 429 g/mol. The summed E-state index contributed by atoms with van der Waals surface area (Å²) in [4.78, 5) is 0. The van der Waals surface area contributed by atoms with Crippen molar-refractivity contribution < 1.29 is 4.74 Å². The lowest BCUT2D eigenvalue weighted by molar-refractivity contribution is 0.325. The molecule has 1 aliphatic rings. The standard InChI is InChI=1S/C18H18IN5O/c1-2-25-17-6-4-3-5-14(17)16-11-15(12-7-9-13(19)10-8-12)20-18-21-22-23-24(16)18/h3-10,15-16H,2,11H2,1H3,(H,20,21,23). The summed E-state index contributed by atoms with van der Waals surface area (Å²) in [5.41, 5.74) is 2.34. The summed E-state index contributed by atoms with van der Waals surface area (Å²) < 4.78 is 8.91. The molecule has 128 valence electrons. The van der Waals surface area contributed by atoms with Crippen LogP contribution in [0.15, 0.2) is 48.5 Å². The first-order valence-electron chi connectivity index (χ1n) is 8.28. The molecule has 0 aliphatic carbocycles. The van der Waals surface area contributed by atoms with Gasteiger partial charge in [0.25, 0.3) is 0 Å². The largest absolute Gasteiger partial charge is 0.494 e. The fraction of sp³-hybridized carbons (Fsp3) is 0.278. The molecule has 0 fully saturated rings. The van der Waals surface area contributed by atoms with E-state index in [1.165, 1.54) is 9.13 Å². The van der Waals surface area contributed by atoms with Gasteiger partial charge in [-0.15, -0.1) is 0 Å². The van der Waals surface area contributed by atoms with Crippen LogP contribution in [0.4, 0.5) is 5.95 Å². The third-order valence-electron chi connectivity index (χ3n) is 4.40. The van der Waals surface area contributed by atoms with Crippen LogP contribution in [0.1, 0.15) is 36.6 Å². The SMILES string of the molecule is CCOc1ccccc1C1CC(c2ccc(I)cc2)Nc2nnnn21. The van der Waals surface area contributed by atoms with Gasteiger partial charge in [-0.2, -0.15) is 0 Å². The van der Waals surface area contributed by atoms with Crippen LogP contribution in [-0.4, -0.2) is 26.8 Å². The zero-order chi connectivity index (χ0) is 17.2. The predicted molar refractivity (Wildman–Crippen MR) is 104 cm³/mol. The van der Waals surface area contributed by atoms with E-state index in [2.05, 4.69) is 73.8 Å². The van der Waals surface area contributed by atoms with Crippen molar-refractivity contribution in [2.75, 3.05) is 11.9 Å². The summed E-state index contributed by atoms with van der Waals surface area (Å²) in [6, 6.07) is 16.9. The number of hydrogen-bond donors (Lipinski definition) is 1. The lowest BCUT2D eigenvalue weighted by Crippen LogP contribution is -2.28. The van der Waals surface area contributed by atoms with Gasteiger partial charge in [0.1, 0.15) is 5.75 Å². The highest BCUT2D eigenvalue weighted by Gasteiger charge is 2.32. The number of para-hydroxylation sites is 1.